The standard InChI is InChI=1S/C13H9F3IN3/c14-13(15,16)10-5-6-12(18-8-10)20-19-7-9-3-1-2-4-11(9)17/h1-8H,(H,18,20)/b19-7+. The number of aromatic nitrogens is 1. The van der Waals surface area contributed by atoms with E-state index in [9.17, 15) is 13.2 Å². The second kappa shape index (κ2) is 6.21. The molecule has 0 aliphatic heterocycles. The van der Waals surface area contributed by atoms with Gasteiger partial charge in [-0.2, -0.15) is 18.3 Å². The first-order chi connectivity index (χ1) is 9.47. The van der Waals surface area contributed by atoms with Crippen LogP contribution in [0.4, 0.5) is 19.0 Å². The average molecular weight is 391 g/mol. The molecule has 0 aliphatic rings. The van der Waals surface area contributed by atoms with Gasteiger partial charge in [-0.3, -0.25) is 5.43 Å². The maximum Gasteiger partial charge on any atom is 0.417 e. The van der Waals surface area contributed by atoms with Crippen molar-refractivity contribution < 1.29 is 13.2 Å². The van der Waals surface area contributed by atoms with Gasteiger partial charge in [0, 0.05) is 15.3 Å². The third-order valence-corrected chi connectivity index (χ3v) is 3.36. The molecule has 104 valence electrons. The summed E-state index contributed by atoms with van der Waals surface area (Å²) in [7, 11) is 0. The molecule has 0 unspecified atom stereocenters. The Kier molecular flexibility index (Phi) is 4.58. The number of hydrogen-bond donors (Lipinski definition) is 1. The fourth-order valence-corrected chi connectivity index (χ4v) is 1.90. The molecule has 7 heteroatoms. The summed E-state index contributed by atoms with van der Waals surface area (Å²) in [5, 5.41) is 3.94. The van der Waals surface area contributed by atoms with Gasteiger partial charge in [0.15, 0.2) is 0 Å². The van der Waals surface area contributed by atoms with Crippen LogP contribution in [0, 0.1) is 3.57 Å². The van der Waals surface area contributed by atoms with Gasteiger partial charge in [-0.15, -0.1) is 0 Å². The molecule has 1 aromatic carbocycles. The number of hydrazone groups is 1. The summed E-state index contributed by atoms with van der Waals surface area (Å²) in [6, 6.07) is 9.78. The summed E-state index contributed by atoms with van der Waals surface area (Å²) in [5.41, 5.74) is 2.71. The van der Waals surface area contributed by atoms with Gasteiger partial charge < -0.3 is 0 Å². The Hall–Kier alpha value is -1.64. The lowest BCUT2D eigenvalue weighted by atomic mass is 10.2. The average Bonchev–Trinajstić information content (AvgIpc) is 2.40. The van der Waals surface area contributed by atoms with Crippen LogP contribution in [0.3, 0.4) is 0 Å². The van der Waals surface area contributed by atoms with Gasteiger partial charge in [0.05, 0.1) is 11.8 Å². The Labute approximate surface area is 127 Å². The van der Waals surface area contributed by atoms with Crippen molar-refractivity contribution in [1.29, 1.82) is 0 Å². The van der Waals surface area contributed by atoms with Crippen molar-refractivity contribution in [3.63, 3.8) is 0 Å². The number of halogens is 4. The van der Waals surface area contributed by atoms with Crippen molar-refractivity contribution in [2.75, 3.05) is 5.43 Å². The molecule has 2 aromatic rings. The summed E-state index contributed by atoms with van der Waals surface area (Å²) in [5.74, 6) is 0.250. The maximum absolute atomic E-state index is 12.3. The Morgan fingerprint density at radius 1 is 1.15 bits per heavy atom. The van der Waals surface area contributed by atoms with Crippen LogP contribution in [-0.4, -0.2) is 11.2 Å². The van der Waals surface area contributed by atoms with Crippen LogP contribution in [0.1, 0.15) is 11.1 Å². The number of nitrogens with zero attached hydrogens (tertiary/aromatic N) is 2. The van der Waals surface area contributed by atoms with E-state index in [-0.39, 0.29) is 5.82 Å². The highest BCUT2D eigenvalue weighted by Gasteiger charge is 2.30. The van der Waals surface area contributed by atoms with Gasteiger partial charge in [0.25, 0.3) is 0 Å². The Balaban J connectivity index is 2.03. The number of nitrogens with one attached hydrogen (secondary N) is 1. The lowest BCUT2D eigenvalue weighted by Crippen LogP contribution is -2.05. The van der Waals surface area contributed by atoms with E-state index in [1.165, 1.54) is 6.07 Å². The predicted octanol–water partition coefficient (Wildman–Crippen LogP) is 4.15. The zero-order chi connectivity index (χ0) is 14.6. The van der Waals surface area contributed by atoms with E-state index in [4.69, 9.17) is 0 Å². The fourth-order valence-electron chi connectivity index (χ4n) is 1.38. The first kappa shape index (κ1) is 14.8. The Bertz CT molecular complexity index is 609. The quantitative estimate of drug-likeness (QED) is 0.485. The minimum absolute atomic E-state index is 0.250. The molecule has 2 rings (SSSR count). The number of hydrogen-bond acceptors (Lipinski definition) is 3. The number of alkyl halides is 3. The normalized spacial score (nSPS) is 11.8. The largest absolute Gasteiger partial charge is 0.417 e. The summed E-state index contributed by atoms with van der Waals surface area (Å²) < 4.78 is 38.1. The Morgan fingerprint density at radius 3 is 2.50 bits per heavy atom. The van der Waals surface area contributed by atoms with Gasteiger partial charge in [-0.05, 0) is 40.8 Å². The first-order valence-electron chi connectivity index (χ1n) is 5.53. The van der Waals surface area contributed by atoms with E-state index in [1.54, 1.807) is 6.21 Å². The van der Waals surface area contributed by atoms with Crippen LogP contribution in [0.25, 0.3) is 0 Å². The van der Waals surface area contributed by atoms with E-state index in [0.29, 0.717) is 0 Å². The van der Waals surface area contributed by atoms with E-state index < -0.39 is 11.7 Å². The molecule has 0 atom stereocenters. The maximum atomic E-state index is 12.3. The molecule has 1 heterocycles. The van der Waals surface area contributed by atoms with Crippen molar-refractivity contribution in [3.05, 3.63) is 57.3 Å². The molecule has 3 nitrogen and oxygen atoms in total. The lowest BCUT2D eigenvalue weighted by molar-refractivity contribution is -0.137. The van der Waals surface area contributed by atoms with Gasteiger partial charge in [0.1, 0.15) is 5.82 Å². The minimum Gasteiger partial charge on any atom is -0.261 e. The third-order valence-electron chi connectivity index (χ3n) is 2.38. The monoisotopic (exact) mass is 391 g/mol. The van der Waals surface area contributed by atoms with E-state index in [1.807, 2.05) is 24.3 Å². The molecule has 0 bridgehead atoms. The van der Waals surface area contributed by atoms with Crippen LogP contribution in [0.15, 0.2) is 47.7 Å². The van der Waals surface area contributed by atoms with Gasteiger partial charge in [-0.1, -0.05) is 18.2 Å². The molecular formula is C13H9F3IN3. The fraction of sp³-hybridized carbons (Fsp3) is 0.0769. The number of rotatable bonds is 3. The highest BCUT2D eigenvalue weighted by Crippen LogP contribution is 2.28. The van der Waals surface area contributed by atoms with Crippen molar-refractivity contribution in [1.82, 2.24) is 4.98 Å². The van der Waals surface area contributed by atoms with Crippen LogP contribution in [0.2, 0.25) is 0 Å². The molecule has 20 heavy (non-hydrogen) atoms. The summed E-state index contributed by atoms with van der Waals surface area (Å²) in [6.07, 6.45) is -2.03. The summed E-state index contributed by atoms with van der Waals surface area (Å²) in [6.45, 7) is 0. The molecule has 1 N–H and O–H groups in total. The zero-order valence-electron chi connectivity index (χ0n) is 10.0. The summed E-state index contributed by atoms with van der Waals surface area (Å²) >= 11 is 2.17. The van der Waals surface area contributed by atoms with Crippen molar-refractivity contribution >= 4 is 34.6 Å². The minimum atomic E-state index is -4.38. The highest BCUT2D eigenvalue weighted by molar-refractivity contribution is 14.1. The van der Waals surface area contributed by atoms with E-state index in [0.717, 1.165) is 21.4 Å². The first-order valence-corrected chi connectivity index (χ1v) is 6.61. The van der Waals surface area contributed by atoms with Crippen molar-refractivity contribution in [2.45, 2.75) is 6.18 Å². The number of benzene rings is 1. The van der Waals surface area contributed by atoms with Crippen molar-refractivity contribution in [3.8, 4) is 0 Å². The molecule has 0 radical (unpaired) electrons. The molecule has 0 spiro atoms. The van der Waals surface area contributed by atoms with Crippen LogP contribution >= 0.6 is 22.6 Å². The molecular weight excluding hydrogens is 382 g/mol. The predicted molar refractivity (Wildman–Crippen MR) is 79.6 cm³/mol. The van der Waals surface area contributed by atoms with Crippen LogP contribution < -0.4 is 5.43 Å². The number of pyridine rings is 1. The molecule has 0 saturated heterocycles. The molecule has 0 amide bonds. The van der Waals surface area contributed by atoms with Gasteiger partial charge in [-0.25, -0.2) is 4.98 Å². The third kappa shape index (κ3) is 3.92. The van der Waals surface area contributed by atoms with Crippen molar-refractivity contribution in [2.24, 2.45) is 5.10 Å². The molecule has 1 aromatic heterocycles. The highest BCUT2D eigenvalue weighted by atomic mass is 127. The zero-order valence-corrected chi connectivity index (χ0v) is 12.2. The van der Waals surface area contributed by atoms with E-state index in [2.05, 4.69) is 38.1 Å². The van der Waals surface area contributed by atoms with Gasteiger partial charge >= 0.3 is 6.18 Å². The smallest absolute Gasteiger partial charge is 0.261 e. The Morgan fingerprint density at radius 2 is 1.90 bits per heavy atom. The second-order valence-electron chi connectivity index (χ2n) is 3.82. The van der Waals surface area contributed by atoms with Crippen LogP contribution in [0.5, 0.6) is 0 Å². The molecule has 0 fully saturated rings. The topological polar surface area (TPSA) is 37.3 Å². The SMILES string of the molecule is FC(F)(F)c1ccc(N/N=C/c2ccccc2I)nc1. The molecule has 0 aliphatic carbocycles. The number of anilines is 1. The van der Waals surface area contributed by atoms with E-state index >= 15 is 0 Å². The van der Waals surface area contributed by atoms with Gasteiger partial charge in [0.2, 0.25) is 0 Å². The second-order valence-corrected chi connectivity index (χ2v) is 4.98. The lowest BCUT2D eigenvalue weighted by Gasteiger charge is -2.06. The summed E-state index contributed by atoms with van der Waals surface area (Å²) in [4.78, 5) is 3.65. The molecule has 0 saturated carbocycles. The van der Waals surface area contributed by atoms with Crippen LogP contribution in [-0.2, 0) is 6.18 Å².